The number of anilines is 1. The summed E-state index contributed by atoms with van der Waals surface area (Å²) >= 11 is 7.04. The zero-order valence-electron chi connectivity index (χ0n) is 23.4. The van der Waals surface area contributed by atoms with Crippen LogP contribution in [-0.2, 0) is 16.0 Å². The van der Waals surface area contributed by atoms with Gasteiger partial charge in [-0.25, -0.2) is 4.79 Å². The Bertz CT molecular complexity index is 1730. The normalized spacial score (nSPS) is 16.3. The third-order valence-electron chi connectivity index (χ3n) is 7.53. The maximum Gasteiger partial charge on any atom is 0.573 e. The maximum absolute atomic E-state index is 13.3. The van der Waals surface area contributed by atoms with E-state index < -0.39 is 35.3 Å². The van der Waals surface area contributed by atoms with Gasteiger partial charge in [-0.05, 0) is 43.9 Å². The molecule has 0 spiro atoms. The highest BCUT2D eigenvalue weighted by Crippen LogP contribution is 2.52. The number of nitrogens with one attached hydrogen (secondary N) is 1. The third kappa shape index (κ3) is 5.80. The number of nitrogens with zero attached hydrogens (tertiary/aromatic N) is 3. The van der Waals surface area contributed by atoms with Gasteiger partial charge in [0, 0.05) is 23.6 Å². The van der Waals surface area contributed by atoms with Crippen molar-refractivity contribution in [1.82, 2.24) is 10.0 Å². The van der Waals surface area contributed by atoms with Crippen LogP contribution in [0.3, 0.4) is 0 Å². The Labute approximate surface area is 252 Å². The zero-order chi connectivity index (χ0) is 31.4. The largest absolute Gasteiger partial charge is 0.573 e. The van der Waals surface area contributed by atoms with E-state index in [4.69, 9.17) is 20.9 Å². The maximum atomic E-state index is 13.3. The molecule has 43 heavy (non-hydrogen) atoms. The predicted molar refractivity (Wildman–Crippen MR) is 150 cm³/mol. The van der Waals surface area contributed by atoms with Gasteiger partial charge in [-0.1, -0.05) is 32.0 Å². The van der Waals surface area contributed by atoms with Crippen molar-refractivity contribution in [3.8, 4) is 17.0 Å². The first kappa shape index (κ1) is 30.4. The molecule has 2 aliphatic rings. The Hall–Kier alpha value is -4.04. The van der Waals surface area contributed by atoms with Gasteiger partial charge >= 0.3 is 12.3 Å². The van der Waals surface area contributed by atoms with Gasteiger partial charge in [0.1, 0.15) is 28.6 Å². The van der Waals surface area contributed by atoms with Crippen LogP contribution in [0.25, 0.3) is 11.3 Å². The smallest absolute Gasteiger partial charge is 0.444 e. The highest BCUT2D eigenvalue weighted by Gasteiger charge is 2.54. The van der Waals surface area contributed by atoms with Crippen molar-refractivity contribution in [1.29, 1.82) is 0 Å². The van der Waals surface area contributed by atoms with Gasteiger partial charge < -0.3 is 24.2 Å². The van der Waals surface area contributed by atoms with Crippen LogP contribution in [0.4, 0.5) is 19.1 Å². The van der Waals surface area contributed by atoms with Gasteiger partial charge in [0.05, 0.1) is 16.9 Å². The predicted octanol–water partition coefficient (Wildman–Crippen LogP) is 5.38. The Balaban J connectivity index is 1.53. The number of fused-ring (bicyclic) bond motifs is 1. The molecule has 10 nitrogen and oxygen atoms in total. The molecule has 2 amide bonds. The van der Waals surface area contributed by atoms with Gasteiger partial charge in [-0.3, -0.25) is 9.59 Å². The lowest BCUT2D eigenvalue weighted by molar-refractivity contribution is -0.274. The molecular weight excluding hydrogens is 613 g/mol. The number of rotatable bonds is 7. The average Bonchev–Trinajstić information content (AvgIpc) is 3.56. The van der Waals surface area contributed by atoms with Gasteiger partial charge in [-0.15, -0.1) is 29.2 Å². The summed E-state index contributed by atoms with van der Waals surface area (Å²) in [5.74, 6) is -1.39. The number of thiazole rings is 1. The van der Waals surface area contributed by atoms with Crippen molar-refractivity contribution in [3.63, 3.8) is 0 Å². The number of furan rings is 1. The Morgan fingerprint density at radius 2 is 2.00 bits per heavy atom. The van der Waals surface area contributed by atoms with Crippen LogP contribution < -0.4 is 24.6 Å². The number of aromatic nitrogens is 1. The summed E-state index contributed by atoms with van der Waals surface area (Å²) in [5, 5.41) is 3.81. The number of aryl methyl sites for hydroxylation is 1. The number of ether oxygens (including phenoxy) is 1. The second-order valence-electron chi connectivity index (χ2n) is 10.5. The zero-order valence-corrected chi connectivity index (χ0v) is 25.0. The van der Waals surface area contributed by atoms with Crippen molar-refractivity contribution in [2.24, 2.45) is 16.3 Å². The van der Waals surface area contributed by atoms with Crippen LogP contribution in [0, 0.1) is 18.3 Å². The van der Waals surface area contributed by atoms with Crippen LogP contribution in [0.1, 0.15) is 48.4 Å². The minimum atomic E-state index is -4.94. The summed E-state index contributed by atoms with van der Waals surface area (Å²) in [6, 6.07) is 3.57. The van der Waals surface area contributed by atoms with Crippen LogP contribution in [0.5, 0.6) is 5.75 Å². The van der Waals surface area contributed by atoms with E-state index in [0.717, 1.165) is 22.1 Å². The average molecular weight is 639 g/mol. The van der Waals surface area contributed by atoms with E-state index in [1.165, 1.54) is 17.5 Å². The van der Waals surface area contributed by atoms with Crippen LogP contribution in [0.2, 0.25) is 5.02 Å². The molecule has 0 radical (unpaired) electrons. The second kappa shape index (κ2) is 10.9. The monoisotopic (exact) mass is 638 g/mol. The minimum absolute atomic E-state index is 0.00962. The summed E-state index contributed by atoms with van der Waals surface area (Å²) in [6.07, 6.45) is -4.00. The molecule has 15 heteroatoms. The standard InChI is InChI=1S/C28H26ClF3N4O6S/c1-13(2)27(8-9-27)25(39)42-36-19(16-6-7-20(18(29)10-16)41-28(30,31)32)12-43-26(36)34-21(37)11-17-14(3)40-24-22(17)23(38)33-15(4)35(24)5/h6-7,10,12-13H,4,8-9,11H2,1-3,5H3,(H,33,38). The SMILES string of the molecule is C=C1NC(=O)c2c(oc(C)c2CC(=O)N=c2scc(-c3ccc(OC(F)(F)F)c(Cl)c3)n2OC(=O)C2(C(C)C)CC2)N1C. The molecule has 0 bridgehead atoms. The molecule has 0 saturated heterocycles. The van der Waals surface area contributed by atoms with Crippen LogP contribution in [0.15, 0.2) is 45.4 Å². The molecule has 3 heterocycles. The first-order valence-electron chi connectivity index (χ1n) is 13.0. The lowest BCUT2D eigenvalue weighted by atomic mass is 9.93. The fraction of sp³-hybridized carbons (Fsp3) is 0.357. The number of amides is 2. The Morgan fingerprint density at radius 1 is 1.30 bits per heavy atom. The molecule has 0 atom stereocenters. The quantitative estimate of drug-likeness (QED) is 0.369. The fourth-order valence-corrected chi connectivity index (χ4v) is 5.84. The first-order valence-corrected chi connectivity index (χ1v) is 14.3. The number of carbonyl (C=O) groups excluding carboxylic acids is 3. The van der Waals surface area contributed by atoms with Crippen molar-refractivity contribution >= 4 is 46.6 Å². The number of carbonyl (C=O) groups is 3. The number of hydrogen-bond acceptors (Lipinski definition) is 8. The summed E-state index contributed by atoms with van der Waals surface area (Å²) in [4.78, 5) is 50.7. The van der Waals surface area contributed by atoms with Gasteiger partial charge in [0.25, 0.3) is 11.8 Å². The molecule has 1 saturated carbocycles. The lowest BCUT2D eigenvalue weighted by Gasteiger charge is -2.25. The minimum Gasteiger partial charge on any atom is -0.444 e. The van der Waals surface area contributed by atoms with E-state index in [1.54, 1.807) is 18.9 Å². The summed E-state index contributed by atoms with van der Waals surface area (Å²) in [7, 11) is 1.65. The summed E-state index contributed by atoms with van der Waals surface area (Å²) < 4.78 is 49.0. The number of halogens is 4. The van der Waals surface area contributed by atoms with Crippen molar-refractivity contribution < 1.29 is 41.5 Å². The van der Waals surface area contributed by atoms with Crippen molar-refractivity contribution in [2.45, 2.75) is 46.4 Å². The topological polar surface area (TPSA) is 115 Å². The Kier molecular flexibility index (Phi) is 7.71. The highest BCUT2D eigenvalue weighted by molar-refractivity contribution is 7.07. The molecule has 1 N–H and O–H groups in total. The molecule has 5 rings (SSSR count). The second-order valence-corrected chi connectivity index (χ2v) is 11.8. The molecule has 3 aromatic rings. The molecule has 0 unspecified atom stereocenters. The van der Waals surface area contributed by atoms with E-state index >= 15 is 0 Å². The Morgan fingerprint density at radius 3 is 2.60 bits per heavy atom. The highest BCUT2D eigenvalue weighted by atomic mass is 35.5. The van der Waals surface area contributed by atoms with Crippen molar-refractivity contribution in [2.75, 3.05) is 11.9 Å². The number of hydrogen-bond donors (Lipinski definition) is 1. The number of benzene rings is 1. The van der Waals surface area contributed by atoms with Crippen LogP contribution in [-0.4, -0.2) is 35.9 Å². The van der Waals surface area contributed by atoms with E-state index in [1.807, 2.05) is 13.8 Å². The molecule has 1 fully saturated rings. The molecule has 1 aromatic carbocycles. The van der Waals surface area contributed by atoms with Crippen LogP contribution >= 0.6 is 22.9 Å². The third-order valence-corrected chi connectivity index (χ3v) is 8.63. The molecule has 1 aliphatic heterocycles. The van der Waals surface area contributed by atoms with E-state index in [-0.39, 0.29) is 44.9 Å². The van der Waals surface area contributed by atoms with Gasteiger partial charge in [0.15, 0.2) is 0 Å². The number of alkyl halides is 3. The van der Waals surface area contributed by atoms with Crippen molar-refractivity contribution in [3.05, 3.63) is 62.7 Å². The van der Waals surface area contributed by atoms with Gasteiger partial charge in [0.2, 0.25) is 10.7 Å². The van der Waals surface area contributed by atoms with E-state index in [0.29, 0.717) is 30.0 Å². The molecule has 2 aromatic heterocycles. The van der Waals surface area contributed by atoms with E-state index in [2.05, 4.69) is 21.6 Å². The van der Waals surface area contributed by atoms with Gasteiger partial charge in [-0.2, -0.15) is 4.99 Å². The van der Waals surface area contributed by atoms with E-state index in [9.17, 15) is 27.6 Å². The first-order chi connectivity index (χ1) is 20.1. The molecule has 228 valence electrons. The molecular formula is C28H26ClF3N4O6S. The lowest BCUT2D eigenvalue weighted by Crippen LogP contribution is -2.38. The summed E-state index contributed by atoms with van der Waals surface area (Å²) in [5.41, 5.74) is 0.328. The summed E-state index contributed by atoms with van der Waals surface area (Å²) in [6.45, 7) is 9.18. The molecule has 1 aliphatic carbocycles. The fourth-order valence-electron chi connectivity index (χ4n) is 4.79.